The Balaban J connectivity index is 1.07. The average Bonchev–Trinajstić information content (AvgIpc) is 3.36. The molecule has 1 saturated heterocycles. The van der Waals surface area contributed by atoms with E-state index in [0.717, 1.165) is 52.1 Å². The molecule has 2 N–H and O–H groups in total. The monoisotopic (exact) mass is 490 g/mol. The number of cyclic esters (lactones) is 1. The number of pyridine rings is 1. The van der Waals surface area contributed by atoms with Crippen LogP contribution in [0.5, 0.6) is 0 Å². The lowest BCUT2D eigenvalue weighted by molar-refractivity contribution is -0.113. The molecule has 35 heavy (non-hydrogen) atoms. The average molecular weight is 491 g/mol. The normalized spacial score (nSPS) is 22.9. The molecule has 0 spiro atoms. The standard InChI is InChI=1S/C26H26N4O4S/c1-15-24(19-6-2-4-16-7-10-23(32)30(15)25(16)19)27-11-3-5-18-13-29(26(33)34-18)17-8-9-21-20(12-17)28-22(31)14-35-21/h2,4,6-10,12,15,18,24,27H,3,5,11,13-14H2,1H3,(H,28,31)/t15-,18-,24-/m1/s1. The van der Waals surface area contributed by atoms with Crippen molar-refractivity contribution in [2.24, 2.45) is 0 Å². The lowest BCUT2D eigenvalue weighted by Crippen LogP contribution is -2.29. The summed E-state index contributed by atoms with van der Waals surface area (Å²) >= 11 is 1.50. The van der Waals surface area contributed by atoms with E-state index in [9.17, 15) is 14.4 Å². The van der Waals surface area contributed by atoms with E-state index in [1.54, 1.807) is 11.0 Å². The number of hydrogen-bond donors (Lipinski definition) is 2. The lowest BCUT2D eigenvalue weighted by Gasteiger charge is -2.20. The molecule has 0 saturated carbocycles. The van der Waals surface area contributed by atoms with E-state index in [4.69, 9.17) is 4.74 Å². The van der Waals surface area contributed by atoms with E-state index < -0.39 is 0 Å². The highest BCUT2D eigenvalue weighted by atomic mass is 32.2. The number of amides is 2. The number of benzene rings is 2. The molecule has 3 atom stereocenters. The molecule has 1 aromatic heterocycles. The Morgan fingerprint density at radius 3 is 2.91 bits per heavy atom. The van der Waals surface area contributed by atoms with Gasteiger partial charge in [0, 0.05) is 16.6 Å². The second kappa shape index (κ2) is 8.73. The van der Waals surface area contributed by atoms with E-state index in [1.165, 1.54) is 11.8 Å². The van der Waals surface area contributed by atoms with Gasteiger partial charge in [0.1, 0.15) is 6.10 Å². The van der Waals surface area contributed by atoms with E-state index in [2.05, 4.69) is 23.6 Å². The molecule has 180 valence electrons. The van der Waals surface area contributed by atoms with Gasteiger partial charge in [0.2, 0.25) is 5.91 Å². The number of carbonyl (C=O) groups is 2. The maximum atomic E-state index is 12.5. The van der Waals surface area contributed by atoms with Crippen LogP contribution in [0.1, 0.15) is 37.4 Å². The van der Waals surface area contributed by atoms with Crippen LogP contribution in [0.2, 0.25) is 0 Å². The molecule has 0 aliphatic carbocycles. The van der Waals surface area contributed by atoms with Crippen molar-refractivity contribution >= 4 is 46.0 Å². The van der Waals surface area contributed by atoms with Crippen LogP contribution < -0.4 is 21.1 Å². The van der Waals surface area contributed by atoms with E-state index in [1.807, 2.05) is 41.0 Å². The number of hydrogen-bond acceptors (Lipinski definition) is 6. The van der Waals surface area contributed by atoms with E-state index in [0.29, 0.717) is 12.3 Å². The van der Waals surface area contributed by atoms with Crippen LogP contribution in [0.15, 0.2) is 58.2 Å². The third-order valence-electron chi connectivity index (χ3n) is 7.06. The number of rotatable bonds is 6. The van der Waals surface area contributed by atoms with Crippen LogP contribution in [-0.4, -0.2) is 41.5 Å². The van der Waals surface area contributed by atoms with Crippen molar-refractivity contribution < 1.29 is 14.3 Å². The first-order valence-electron chi connectivity index (χ1n) is 11.9. The molecule has 2 amide bonds. The molecule has 6 rings (SSSR count). The molecule has 1 fully saturated rings. The maximum Gasteiger partial charge on any atom is 0.414 e. The summed E-state index contributed by atoms with van der Waals surface area (Å²) in [7, 11) is 0. The van der Waals surface area contributed by atoms with Gasteiger partial charge in [-0.3, -0.25) is 14.5 Å². The molecule has 2 aromatic carbocycles. The second-order valence-corrected chi connectivity index (χ2v) is 10.3. The van der Waals surface area contributed by atoms with Crippen LogP contribution in [0.3, 0.4) is 0 Å². The summed E-state index contributed by atoms with van der Waals surface area (Å²) in [5, 5.41) is 7.58. The number of anilines is 2. The molecule has 0 radical (unpaired) electrons. The Kier molecular flexibility index (Phi) is 5.53. The van der Waals surface area contributed by atoms with Gasteiger partial charge >= 0.3 is 6.09 Å². The number of aromatic nitrogens is 1. The van der Waals surface area contributed by atoms with Gasteiger partial charge in [-0.25, -0.2) is 4.79 Å². The molecular weight excluding hydrogens is 464 g/mol. The second-order valence-electron chi connectivity index (χ2n) is 9.27. The summed E-state index contributed by atoms with van der Waals surface area (Å²) in [6.07, 6.45) is 1.04. The lowest BCUT2D eigenvalue weighted by atomic mass is 10.0. The number of nitrogens with zero attached hydrogens (tertiary/aromatic N) is 2. The van der Waals surface area contributed by atoms with Gasteiger partial charge in [-0.15, -0.1) is 11.8 Å². The largest absolute Gasteiger partial charge is 0.444 e. The first-order valence-corrected chi connectivity index (χ1v) is 12.9. The summed E-state index contributed by atoms with van der Waals surface area (Å²) in [4.78, 5) is 39.4. The van der Waals surface area contributed by atoms with Crippen molar-refractivity contribution in [3.63, 3.8) is 0 Å². The maximum absolute atomic E-state index is 12.5. The number of thioether (sulfide) groups is 1. The van der Waals surface area contributed by atoms with Crippen molar-refractivity contribution in [3.8, 4) is 0 Å². The number of carbonyl (C=O) groups excluding carboxylic acids is 2. The van der Waals surface area contributed by atoms with Gasteiger partial charge in [-0.1, -0.05) is 18.2 Å². The third-order valence-corrected chi connectivity index (χ3v) is 8.13. The van der Waals surface area contributed by atoms with E-state index in [-0.39, 0.29) is 35.7 Å². The first-order chi connectivity index (χ1) is 17.0. The highest BCUT2D eigenvalue weighted by molar-refractivity contribution is 8.00. The van der Waals surface area contributed by atoms with Gasteiger partial charge in [0.15, 0.2) is 0 Å². The highest BCUT2D eigenvalue weighted by Gasteiger charge is 2.34. The van der Waals surface area contributed by atoms with Crippen molar-refractivity contribution in [3.05, 3.63) is 64.4 Å². The Labute approximate surface area is 206 Å². The number of para-hydroxylation sites is 1. The van der Waals surface area contributed by atoms with Gasteiger partial charge < -0.3 is 19.9 Å². The zero-order valence-electron chi connectivity index (χ0n) is 19.3. The Morgan fingerprint density at radius 2 is 2.03 bits per heavy atom. The topological polar surface area (TPSA) is 92.7 Å². The predicted octanol–water partition coefficient (Wildman–Crippen LogP) is 4.06. The Hall–Kier alpha value is -3.30. The quantitative estimate of drug-likeness (QED) is 0.507. The smallest absolute Gasteiger partial charge is 0.414 e. The minimum atomic E-state index is -0.358. The van der Waals surface area contributed by atoms with Gasteiger partial charge in [0.05, 0.1) is 35.6 Å². The molecule has 0 unspecified atom stereocenters. The van der Waals surface area contributed by atoms with Crippen LogP contribution in [0.25, 0.3) is 10.9 Å². The van der Waals surface area contributed by atoms with Gasteiger partial charge in [-0.05, 0) is 61.5 Å². The molecule has 4 heterocycles. The van der Waals surface area contributed by atoms with Crippen molar-refractivity contribution in [1.29, 1.82) is 0 Å². The summed E-state index contributed by atoms with van der Waals surface area (Å²) in [5.74, 6) is 0.376. The van der Waals surface area contributed by atoms with E-state index >= 15 is 0 Å². The molecule has 3 aliphatic rings. The van der Waals surface area contributed by atoms with Crippen molar-refractivity contribution in [1.82, 2.24) is 9.88 Å². The number of ether oxygens (including phenoxy) is 1. The Morgan fingerprint density at radius 1 is 1.14 bits per heavy atom. The first kappa shape index (κ1) is 22.2. The third kappa shape index (κ3) is 3.88. The molecule has 9 heteroatoms. The minimum absolute atomic E-state index is 0.0278. The molecule has 8 nitrogen and oxygen atoms in total. The summed E-state index contributed by atoms with van der Waals surface area (Å²) in [6.45, 7) is 3.32. The molecule has 3 aromatic rings. The summed E-state index contributed by atoms with van der Waals surface area (Å²) in [5.41, 5.74) is 3.67. The van der Waals surface area contributed by atoms with Gasteiger partial charge in [0.25, 0.3) is 5.56 Å². The van der Waals surface area contributed by atoms with Crippen LogP contribution >= 0.6 is 11.8 Å². The molecule has 3 aliphatic heterocycles. The molecule has 0 bridgehead atoms. The zero-order chi connectivity index (χ0) is 24.1. The fourth-order valence-electron chi connectivity index (χ4n) is 5.40. The summed E-state index contributed by atoms with van der Waals surface area (Å²) < 4.78 is 7.51. The van der Waals surface area contributed by atoms with Crippen LogP contribution in [0, 0.1) is 0 Å². The fourth-order valence-corrected chi connectivity index (χ4v) is 6.19. The number of fused-ring (bicyclic) bond motifs is 1. The van der Waals surface area contributed by atoms with Crippen molar-refractivity contribution in [2.45, 2.75) is 42.8 Å². The van der Waals surface area contributed by atoms with Gasteiger partial charge in [-0.2, -0.15) is 0 Å². The predicted molar refractivity (Wildman–Crippen MR) is 136 cm³/mol. The minimum Gasteiger partial charge on any atom is -0.444 e. The number of nitrogens with one attached hydrogen (secondary N) is 2. The highest BCUT2D eigenvalue weighted by Crippen LogP contribution is 2.39. The van der Waals surface area contributed by atoms with Crippen LogP contribution in [-0.2, 0) is 9.53 Å². The SMILES string of the molecule is C[C@@H]1[C@@H](NCCC[C@@H]2CN(c3ccc4c(c3)NC(=O)CS4)C(=O)O2)c2cccc3ccc(=O)n1c23. The summed E-state index contributed by atoms with van der Waals surface area (Å²) in [6, 6.07) is 15.5. The zero-order valence-corrected chi connectivity index (χ0v) is 20.1. The Bertz CT molecular complexity index is 1400. The molecular formula is C26H26N4O4S. The van der Waals surface area contributed by atoms with Crippen molar-refractivity contribution in [2.75, 3.05) is 29.1 Å². The fraction of sp³-hybridized carbons (Fsp3) is 0.346. The van der Waals surface area contributed by atoms with Crippen LogP contribution in [0.4, 0.5) is 16.2 Å².